The van der Waals surface area contributed by atoms with E-state index in [4.69, 9.17) is 32.7 Å². The second kappa shape index (κ2) is 7.32. The fourth-order valence-corrected chi connectivity index (χ4v) is 3.41. The summed E-state index contributed by atoms with van der Waals surface area (Å²) in [5.74, 6) is 0.945. The smallest absolute Gasteiger partial charge is 0.268 e. The molecule has 0 aliphatic carbocycles. The lowest BCUT2D eigenvalue weighted by Gasteiger charge is -2.10. The zero-order chi connectivity index (χ0) is 20.8. The van der Waals surface area contributed by atoms with Gasteiger partial charge in [0.15, 0.2) is 5.69 Å². The van der Waals surface area contributed by atoms with E-state index in [0.29, 0.717) is 27.5 Å². The van der Waals surface area contributed by atoms with Gasteiger partial charge in [-0.25, -0.2) is 4.68 Å². The van der Waals surface area contributed by atoms with Crippen molar-refractivity contribution in [2.75, 3.05) is 0 Å². The van der Waals surface area contributed by atoms with E-state index in [9.17, 15) is 0 Å². The van der Waals surface area contributed by atoms with Crippen LogP contribution in [-0.4, -0.2) is 20.0 Å². The molecule has 0 radical (unpaired) electrons. The zero-order valence-electron chi connectivity index (χ0n) is 16.6. The quantitative estimate of drug-likeness (QED) is 0.374. The topological polar surface area (TPSA) is 56.7 Å². The second-order valence-electron chi connectivity index (χ2n) is 7.85. The predicted molar refractivity (Wildman–Crippen MR) is 116 cm³/mol. The van der Waals surface area contributed by atoms with Gasteiger partial charge in [-0.2, -0.15) is 5.10 Å². The van der Waals surface area contributed by atoms with Crippen LogP contribution in [0.25, 0.3) is 28.5 Å². The summed E-state index contributed by atoms with van der Waals surface area (Å²) in [5.41, 5.74) is 3.91. The molecule has 0 aliphatic rings. The summed E-state index contributed by atoms with van der Waals surface area (Å²) in [6.07, 6.45) is 0. The van der Waals surface area contributed by atoms with E-state index in [1.807, 2.05) is 80.9 Å². The standard InChI is InChI=1S/C22H20Cl2N4O/c1-13-18(20-25-26-21(29-20)22(2,3)4)27-28(17-8-6-5-7-16(17)24)19(13)14-9-11-15(23)12-10-14/h5-12H,1-4H3. The molecule has 7 heteroatoms. The third-order valence-corrected chi connectivity index (χ3v) is 5.16. The number of halogens is 2. The molecule has 0 bridgehead atoms. The first-order valence-corrected chi connectivity index (χ1v) is 9.96. The Morgan fingerprint density at radius 3 is 2.24 bits per heavy atom. The van der Waals surface area contributed by atoms with Crippen LogP contribution in [-0.2, 0) is 5.41 Å². The third-order valence-electron chi connectivity index (χ3n) is 4.59. The Morgan fingerprint density at radius 1 is 0.931 bits per heavy atom. The van der Waals surface area contributed by atoms with Gasteiger partial charge in [-0.1, -0.05) is 68.2 Å². The zero-order valence-corrected chi connectivity index (χ0v) is 18.1. The van der Waals surface area contributed by atoms with Crippen LogP contribution in [0.15, 0.2) is 52.9 Å². The van der Waals surface area contributed by atoms with Crippen molar-refractivity contribution in [1.29, 1.82) is 0 Å². The number of nitrogens with zero attached hydrogens (tertiary/aromatic N) is 4. The van der Waals surface area contributed by atoms with Crippen LogP contribution in [0, 0.1) is 6.92 Å². The van der Waals surface area contributed by atoms with Crippen LogP contribution in [0.5, 0.6) is 0 Å². The van der Waals surface area contributed by atoms with Crippen molar-refractivity contribution in [3.8, 4) is 28.5 Å². The first-order chi connectivity index (χ1) is 13.8. The van der Waals surface area contributed by atoms with Gasteiger partial charge < -0.3 is 4.42 Å². The number of benzene rings is 2. The minimum absolute atomic E-state index is 0.247. The second-order valence-corrected chi connectivity index (χ2v) is 8.70. The molecule has 0 fully saturated rings. The number of hydrogen-bond acceptors (Lipinski definition) is 4. The van der Waals surface area contributed by atoms with E-state index in [-0.39, 0.29) is 5.41 Å². The van der Waals surface area contributed by atoms with Gasteiger partial charge in [0.25, 0.3) is 5.89 Å². The average molecular weight is 427 g/mol. The highest BCUT2D eigenvalue weighted by Crippen LogP contribution is 2.36. The monoisotopic (exact) mass is 426 g/mol. The SMILES string of the molecule is Cc1c(-c2nnc(C(C)(C)C)o2)nn(-c2ccccc2Cl)c1-c1ccc(Cl)cc1. The van der Waals surface area contributed by atoms with Crippen molar-refractivity contribution in [2.45, 2.75) is 33.1 Å². The molecule has 0 spiro atoms. The average Bonchev–Trinajstić information content (AvgIpc) is 3.28. The Hall–Kier alpha value is -2.63. The highest BCUT2D eigenvalue weighted by Gasteiger charge is 2.26. The molecule has 2 heterocycles. The van der Waals surface area contributed by atoms with E-state index in [2.05, 4.69) is 10.2 Å². The van der Waals surface area contributed by atoms with E-state index in [0.717, 1.165) is 22.5 Å². The van der Waals surface area contributed by atoms with Crippen molar-refractivity contribution >= 4 is 23.2 Å². The van der Waals surface area contributed by atoms with Crippen molar-refractivity contribution in [3.63, 3.8) is 0 Å². The highest BCUT2D eigenvalue weighted by molar-refractivity contribution is 6.32. The molecule has 0 saturated carbocycles. The first kappa shape index (κ1) is 19.7. The van der Waals surface area contributed by atoms with E-state index in [1.165, 1.54) is 0 Å². The Labute approximate surface area is 179 Å². The molecule has 0 unspecified atom stereocenters. The molecule has 148 valence electrons. The van der Waals surface area contributed by atoms with Gasteiger partial charge in [0.2, 0.25) is 5.89 Å². The molecule has 0 atom stereocenters. The van der Waals surface area contributed by atoms with Gasteiger partial charge in [-0.15, -0.1) is 10.2 Å². The van der Waals surface area contributed by atoms with Crippen molar-refractivity contribution < 1.29 is 4.42 Å². The molecule has 4 aromatic rings. The van der Waals surface area contributed by atoms with Crippen LogP contribution in [0.1, 0.15) is 32.2 Å². The van der Waals surface area contributed by atoms with Crippen LogP contribution in [0.3, 0.4) is 0 Å². The lowest BCUT2D eigenvalue weighted by atomic mass is 9.97. The number of hydrogen-bond donors (Lipinski definition) is 0. The van der Waals surface area contributed by atoms with Crippen LogP contribution < -0.4 is 0 Å². The molecule has 5 nitrogen and oxygen atoms in total. The maximum absolute atomic E-state index is 6.48. The number of rotatable bonds is 3. The number of para-hydroxylation sites is 1. The van der Waals surface area contributed by atoms with Crippen LogP contribution >= 0.6 is 23.2 Å². The highest BCUT2D eigenvalue weighted by atomic mass is 35.5. The van der Waals surface area contributed by atoms with Gasteiger partial charge in [0.05, 0.1) is 16.4 Å². The summed E-state index contributed by atoms with van der Waals surface area (Å²) in [4.78, 5) is 0. The molecule has 0 N–H and O–H groups in total. The summed E-state index contributed by atoms with van der Waals surface area (Å²) in [5, 5.41) is 14.5. The normalized spacial score (nSPS) is 11.8. The fraction of sp³-hybridized carbons (Fsp3) is 0.227. The molecule has 0 amide bonds. The fourth-order valence-electron chi connectivity index (χ4n) is 3.07. The lowest BCUT2D eigenvalue weighted by Crippen LogP contribution is -2.11. The lowest BCUT2D eigenvalue weighted by molar-refractivity contribution is 0.398. The summed E-state index contributed by atoms with van der Waals surface area (Å²) in [6.45, 7) is 8.07. The molecule has 4 rings (SSSR count). The Bertz CT molecular complexity index is 1170. The summed E-state index contributed by atoms with van der Waals surface area (Å²) in [7, 11) is 0. The molecule has 29 heavy (non-hydrogen) atoms. The summed E-state index contributed by atoms with van der Waals surface area (Å²) < 4.78 is 7.77. The van der Waals surface area contributed by atoms with Gasteiger partial charge >= 0.3 is 0 Å². The van der Waals surface area contributed by atoms with E-state index < -0.39 is 0 Å². The number of aromatic nitrogens is 4. The predicted octanol–water partition coefficient (Wildman–Crippen LogP) is 6.50. The van der Waals surface area contributed by atoms with E-state index >= 15 is 0 Å². The Kier molecular flexibility index (Phi) is 4.97. The van der Waals surface area contributed by atoms with Gasteiger partial charge in [0.1, 0.15) is 0 Å². The maximum Gasteiger partial charge on any atom is 0.268 e. The van der Waals surface area contributed by atoms with Crippen LogP contribution in [0.4, 0.5) is 0 Å². The minimum Gasteiger partial charge on any atom is -0.419 e. The van der Waals surface area contributed by atoms with Crippen molar-refractivity contribution in [3.05, 3.63) is 70.0 Å². The van der Waals surface area contributed by atoms with Crippen molar-refractivity contribution in [1.82, 2.24) is 20.0 Å². The summed E-state index contributed by atoms with van der Waals surface area (Å²) in [6, 6.07) is 15.2. The van der Waals surface area contributed by atoms with Gasteiger partial charge in [0, 0.05) is 21.6 Å². The largest absolute Gasteiger partial charge is 0.419 e. The third kappa shape index (κ3) is 3.68. The summed E-state index contributed by atoms with van der Waals surface area (Å²) >= 11 is 12.6. The van der Waals surface area contributed by atoms with Crippen LogP contribution in [0.2, 0.25) is 10.0 Å². The maximum atomic E-state index is 6.48. The molecular weight excluding hydrogens is 407 g/mol. The Balaban J connectivity index is 1.95. The van der Waals surface area contributed by atoms with E-state index in [1.54, 1.807) is 0 Å². The molecule has 2 aromatic heterocycles. The van der Waals surface area contributed by atoms with Gasteiger partial charge in [-0.3, -0.25) is 0 Å². The molecular formula is C22H20Cl2N4O. The van der Waals surface area contributed by atoms with Crippen molar-refractivity contribution in [2.24, 2.45) is 0 Å². The molecule has 0 aliphatic heterocycles. The Morgan fingerprint density at radius 2 is 1.62 bits per heavy atom. The van der Waals surface area contributed by atoms with Gasteiger partial charge in [-0.05, 0) is 31.2 Å². The first-order valence-electron chi connectivity index (χ1n) is 9.20. The minimum atomic E-state index is -0.247. The molecule has 2 aromatic carbocycles. The molecule has 0 saturated heterocycles.